The number of allylic oxidation sites excluding steroid dienone is 1. The van der Waals surface area contributed by atoms with Gasteiger partial charge in [0.15, 0.2) is 0 Å². The second-order valence-corrected chi connectivity index (χ2v) is 11.2. The molecule has 2 aliphatic heterocycles. The molecule has 1 atom stereocenters. The van der Waals surface area contributed by atoms with E-state index < -0.39 is 11.7 Å². The number of rotatable bonds is 6. The van der Waals surface area contributed by atoms with E-state index >= 15 is 0 Å². The molecule has 0 amide bonds. The van der Waals surface area contributed by atoms with Gasteiger partial charge in [0, 0.05) is 62.2 Å². The van der Waals surface area contributed by atoms with Crippen molar-refractivity contribution in [1.82, 2.24) is 14.8 Å². The lowest BCUT2D eigenvalue weighted by Crippen LogP contribution is -2.44. The standard InChI is InChI=1S/C30H37F4N3O/c1-3-28(36-14-12-27-23(18-36)16-24(17-35-27)30(32,33)34)29(20-38-2)13-15-37(19-29)26-10-6-22(7-11-26)21-4-8-25(31)9-5-21/h3-5,8-9,16-17,22,26H,6-7,10-15,18-20H2,1-2H3/b28-3-. The zero-order valence-corrected chi connectivity index (χ0v) is 22.2. The van der Waals surface area contributed by atoms with E-state index in [-0.39, 0.29) is 11.2 Å². The lowest BCUT2D eigenvalue weighted by molar-refractivity contribution is -0.137. The molecule has 38 heavy (non-hydrogen) atoms. The number of pyridine rings is 1. The van der Waals surface area contributed by atoms with Gasteiger partial charge in [0.2, 0.25) is 0 Å². The van der Waals surface area contributed by atoms with Crippen LogP contribution in [0.3, 0.4) is 0 Å². The molecule has 1 aliphatic carbocycles. The number of fused-ring (bicyclic) bond motifs is 1. The van der Waals surface area contributed by atoms with Crippen molar-refractivity contribution in [3.05, 3.63) is 76.5 Å². The van der Waals surface area contributed by atoms with Crippen LogP contribution < -0.4 is 0 Å². The smallest absolute Gasteiger partial charge is 0.384 e. The molecule has 1 unspecified atom stereocenters. The minimum atomic E-state index is -4.40. The van der Waals surface area contributed by atoms with Crippen LogP contribution in [0.5, 0.6) is 0 Å². The van der Waals surface area contributed by atoms with Crippen LogP contribution in [0, 0.1) is 11.2 Å². The minimum absolute atomic E-state index is 0.191. The van der Waals surface area contributed by atoms with Crippen molar-refractivity contribution in [3.63, 3.8) is 0 Å². The van der Waals surface area contributed by atoms with E-state index in [4.69, 9.17) is 4.74 Å². The Bertz CT molecular complexity index is 1140. The highest BCUT2D eigenvalue weighted by Crippen LogP contribution is 2.44. The van der Waals surface area contributed by atoms with E-state index in [2.05, 4.69) is 20.9 Å². The highest BCUT2D eigenvalue weighted by atomic mass is 19.4. The van der Waals surface area contributed by atoms with Crippen LogP contribution in [-0.2, 0) is 23.9 Å². The molecule has 4 nitrogen and oxygen atoms in total. The second kappa shape index (κ2) is 11.0. The fourth-order valence-corrected chi connectivity index (χ4v) is 7.01. The Morgan fingerprint density at radius 3 is 2.53 bits per heavy atom. The number of nitrogens with zero attached hydrogens (tertiary/aromatic N) is 3. The van der Waals surface area contributed by atoms with Crippen molar-refractivity contribution < 1.29 is 22.3 Å². The van der Waals surface area contributed by atoms with Crippen molar-refractivity contribution in [3.8, 4) is 0 Å². The number of ether oxygens (including phenoxy) is 1. The topological polar surface area (TPSA) is 28.6 Å². The average molecular weight is 532 g/mol. The van der Waals surface area contributed by atoms with Crippen molar-refractivity contribution in [1.29, 1.82) is 0 Å². The van der Waals surface area contributed by atoms with Gasteiger partial charge in [0.05, 0.1) is 12.2 Å². The predicted molar refractivity (Wildman–Crippen MR) is 139 cm³/mol. The number of halogens is 4. The number of alkyl halides is 3. The third kappa shape index (κ3) is 5.48. The Balaban J connectivity index is 1.28. The number of hydrogen-bond donors (Lipinski definition) is 0. The molecule has 3 aliphatic rings. The number of aromatic nitrogens is 1. The summed E-state index contributed by atoms with van der Waals surface area (Å²) < 4.78 is 59.1. The second-order valence-electron chi connectivity index (χ2n) is 11.2. The first-order chi connectivity index (χ1) is 18.2. The summed E-state index contributed by atoms with van der Waals surface area (Å²) in [5.41, 5.74) is 2.94. The summed E-state index contributed by atoms with van der Waals surface area (Å²) in [6.07, 6.45) is 4.70. The zero-order valence-electron chi connectivity index (χ0n) is 22.2. The van der Waals surface area contributed by atoms with Gasteiger partial charge in [-0.2, -0.15) is 13.2 Å². The van der Waals surface area contributed by atoms with Crippen molar-refractivity contribution in [2.24, 2.45) is 5.41 Å². The van der Waals surface area contributed by atoms with Crippen LogP contribution in [0.25, 0.3) is 0 Å². The van der Waals surface area contributed by atoms with Gasteiger partial charge in [-0.3, -0.25) is 9.88 Å². The Kier molecular flexibility index (Phi) is 7.83. The molecule has 206 valence electrons. The number of hydrogen-bond acceptors (Lipinski definition) is 4. The fraction of sp³-hybridized carbons (Fsp3) is 0.567. The van der Waals surface area contributed by atoms with Crippen LogP contribution in [0.1, 0.15) is 67.3 Å². The summed E-state index contributed by atoms with van der Waals surface area (Å²) in [4.78, 5) is 8.99. The fourth-order valence-electron chi connectivity index (χ4n) is 7.01. The zero-order chi connectivity index (χ0) is 26.9. The van der Waals surface area contributed by atoms with Gasteiger partial charge in [-0.05, 0) is 80.8 Å². The molecule has 1 aromatic carbocycles. The Labute approximate surface area is 222 Å². The van der Waals surface area contributed by atoms with Gasteiger partial charge in [0.1, 0.15) is 5.82 Å². The Hall–Kier alpha value is -2.45. The molecular formula is C30H37F4N3O. The average Bonchev–Trinajstić information content (AvgIpc) is 3.33. The first-order valence-electron chi connectivity index (χ1n) is 13.7. The molecule has 5 rings (SSSR count). The summed E-state index contributed by atoms with van der Waals surface area (Å²) in [5.74, 6) is 0.288. The van der Waals surface area contributed by atoms with Gasteiger partial charge in [-0.1, -0.05) is 18.2 Å². The monoisotopic (exact) mass is 531 g/mol. The Morgan fingerprint density at radius 2 is 1.87 bits per heavy atom. The maximum Gasteiger partial charge on any atom is 0.417 e. The quantitative estimate of drug-likeness (QED) is 0.395. The molecule has 3 heterocycles. The maximum atomic E-state index is 13.3. The molecule has 1 saturated heterocycles. The molecule has 0 N–H and O–H groups in total. The maximum absolute atomic E-state index is 13.3. The highest BCUT2D eigenvalue weighted by Gasteiger charge is 2.46. The van der Waals surface area contributed by atoms with E-state index in [0.29, 0.717) is 37.1 Å². The van der Waals surface area contributed by atoms with E-state index in [9.17, 15) is 17.6 Å². The van der Waals surface area contributed by atoms with Gasteiger partial charge in [-0.25, -0.2) is 4.39 Å². The van der Waals surface area contributed by atoms with Crippen molar-refractivity contribution >= 4 is 0 Å². The summed E-state index contributed by atoms with van der Waals surface area (Å²) in [6.45, 7) is 5.65. The van der Waals surface area contributed by atoms with Crippen molar-refractivity contribution in [2.75, 3.05) is 33.4 Å². The summed E-state index contributed by atoms with van der Waals surface area (Å²) in [6, 6.07) is 8.72. The van der Waals surface area contributed by atoms with Gasteiger partial charge >= 0.3 is 6.18 Å². The van der Waals surface area contributed by atoms with Crippen LogP contribution in [0.15, 0.2) is 48.3 Å². The molecule has 1 saturated carbocycles. The van der Waals surface area contributed by atoms with E-state index in [1.165, 1.54) is 17.3 Å². The number of likely N-dealkylation sites (tertiary alicyclic amines) is 1. The predicted octanol–water partition coefficient (Wildman–Crippen LogP) is 6.57. The third-order valence-corrected chi connectivity index (χ3v) is 8.88. The molecule has 0 spiro atoms. The molecule has 2 aromatic rings. The lowest BCUT2D eigenvalue weighted by Gasteiger charge is -2.42. The van der Waals surface area contributed by atoms with Crippen molar-refractivity contribution in [2.45, 2.75) is 70.1 Å². The molecule has 1 aromatic heterocycles. The summed E-state index contributed by atoms with van der Waals surface area (Å²) in [7, 11) is 1.73. The van der Waals surface area contributed by atoms with Crippen LogP contribution >= 0.6 is 0 Å². The molecule has 8 heteroatoms. The van der Waals surface area contributed by atoms with Gasteiger partial charge in [-0.15, -0.1) is 0 Å². The minimum Gasteiger partial charge on any atom is -0.384 e. The molecule has 2 fully saturated rings. The first-order valence-corrected chi connectivity index (χ1v) is 13.7. The van der Waals surface area contributed by atoms with Gasteiger partial charge < -0.3 is 9.64 Å². The molecule has 0 bridgehead atoms. The van der Waals surface area contributed by atoms with Crippen LogP contribution in [0.2, 0.25) is 0 Å². The molecular weight excluding hydrogens is 494 g/mol. The summed E-state index contributed by atoms with van der Waals surface area (Å²) in [5, 5.41) is 0. The summed E-state index contributed by atoms with van der Waals surface area (Å²) >= 11 is 0. The largest absolute Gasteiger partial charge is 0.417 e. The van der Waals surface area contributed by atoms with Gasteiger partial charge in [0.25, 0.3) is 0 Å². The number of methoxy groups -OCH3 is 1. The SMILES string of the molecule is C/C=C(\N1CCc2ncc(C(F)(F)F)cc2C1)C1(COC)CCN(C2CCC(c3ccc(F)cc3)CC2)C1. The van der Waals surface area contributed by atoms with E-state index in [1.54, 1.807) is 19.2 Å². The van der Waals surface area contributed by atoms with Crippen LogP contribution in [-0.4, -0.2) is 54.2 Å². The highest BCUT2D eigenvalue weighted by molar-refractivity contribution is 5.31. The Morgan fingerprint density at radius 1 is 1.13 bits per heavy atom. The third-order valence-electron chi connectivity index (χ3n) is 8.88. The lowest BCUT2D eigenvalue weighted by atomic mass is 9.80. The molecule has 0 radical (unpaired) electrons. The van der Waals surface area contributed by atoms with Crippen LogP contribution in [0.4, 0.5) is 17.6 Å². The van der Waals surface area contributed by atoms with E-state index in [0.717, 1.165) is 63.6 Å². The number of benzene rings is 1. The van der Waals surface area contributed by atoms with E-state index in [1.807, 2.05) is 19.1 Å². The first kappa shape index (κ1) is 27.1. The normalized spacial score (nSPS) is 27.0.